The molecule has 1 N–H and O–H groups in total. The van der Waals surface area contributed by atoms with Gasteiger partial charge < -0.3 is 0 Å². The van der Waals surface area contributed by atoms with Gasteiger partial charge in [0.05, 0.1) is 6.54 Å². The van der Waals surface area contributed by atoms with Crippen molar-refractivity contribution in [3.8, 4) is 22.5 Å². The fourth-order valence-electron chi connectivity index (χ4n) is 4.05. The number of aromatic nitrogens is 6. The van der Waals surface area contributed by atoms with Gasteiger partial charge in [-0.25, -0.2) is 9.89 Å². The van der Waals surface area contributed by atoms with Crippen molar-refractivity contribution in [1.29, 1.82) is 0 Å². The molecule has 0 saturated heterocycles. The smallest absolute Gasteiger partial charge is 0.299 e. The molecule has 0 aliphatic heterocycles. The maximum absolute atomic E-state index is 13.1. The van der Waals surface area contributed by atoms with E-state index in [1.54, 1.807) is 0 Å². The van der Waals surface area contributed by atoms with E-state index in [0.29, 0.717) is 18.3 Å². The summed E-state index contributed by atoms with van der Waals surface area (Å²) in [5, 5.41) is 14.3. The van der Waals surface area contributed by atoms with Gasteiger partial charge in [-0.05, 0) is 52.3 Å². The Balaban J connectivity index is 1.59. The Morgan fingerprint density at radius 1 is 1.03 bits per heavy atom. The summed E-state index contributed by atoms with van der Waals surface area (Å²) in [5.41, 5.74) is 5.42. The van der Waals surface area contributed by atoms with Crippen LogP contribution in [0.25, 0.3) is 22.5 Å². The molecule has 0 fully saturated rings. The number of aryl methyl sites for hydroxylation is 2. The summed E-state index contributed by atoms with van der Waals surface area (Å²) in [7, 11) is 0. The first-order chi connectivity index (χ1) is 16.1. The van der Waals surface area contributed by atoms with Crippen LogP contribution in [0.4, 0.5) is 0 Å². The molecule has 0 unspecified atom stereocenters. The minimum atomic E-state index is 0.0917. The van der Waals surface area contributed by atoms with Crippen molar-refractivity contribution in [3.05, 3.63) is 76.5 Å². The molecular formula is C26H32N6O. The first-order valence-corrected chi connectivity index (χ1v) is 11.8. The predicted molar refractivity (Wildman–Crippen MR) is 131 cm³/mol. The maximum Gasteiger partial charge on any atom is 0.328 e. The molecule has 0 bridgehead atoms. The second-order valence-electron chi connectivity index (χ2n) is 8.96. The number of nitrogens with one attached hydrogen (secondary N) is 1. The molecule has 0 atom stereocenters. The number of hydrogen-bond acceptors (Lipinski definition) is 4. The van der Waals surface area contributed by atoms with E-state index in [-0.39, 0.29) is 5.69 Å². The third-order valence-electron chi connectivity index (χ3n) is 6.00. The third-order valence-corrected chi connectivity index (χ3v) is 6.00. The summed E-state index contributed by atoms with van der Waals surface area (Å²) in [4.78, 5) is 13.1. The van der Waals surface area contributed by atoms with Crippen LogP contribution in [-0.4, -0.2) is 29.8 Å². The molecule has 0 aliphatic rings. The summed E-state index contributed by atoms with van der Waals surface area (Å²) in [6.45, 7) is 7.93. The van der Waals surface area contributed by atoms with Gasteiger partial charge in [0.1, 0.15) is 0 Å². The summed E-state index contributed by atoms with van der Waals surface area (Å²) in [6.07, 6.45) is 6.19. The van der Waals surface area contributed by atoms with Gasteiger partial charge in [-0.2, -0.15) is 0 Å². The van der Waals surface area contributed by atoms with Crippen LogP contribution in [0.2, 0.25) is 0 Å². The monoisotopic (exact) mass is 444 g/mol. The Labute approximate surface area is 194 Å². The molecule has 0 spiro atoms. The lowest BCUT2D eigenvalue weighted by Gasteiger charge is -2.10. The van der Waals surface area contributed by atoms with Crippen LogP contribution >= 0.6 is 0 Å². The van der Waals surface area contributed by atoms with Gasteiger partial charge in [-0.3, -0.25) is 9.13 Å². The lowest BCUT2D eigenvalue weighted by atomic mass is 9.98. The average molecular weight is 445 g/mol. The molecule has 2 aromatic carbocycles. The first-order valence-electron chi connectivity index (χ1n) is 11.8. The molecule has 7 nitrogen and oxygen atoms in total. The van der Waals surface area contributed by atoms with Crippen LogP contribution in [0.5, 0.6) is 0 Å². The number of hydrogen-bond donors (Lipinski definition) is 1. The largest absolute Gasteiger partial charge is 0.328 e. The van der Waals surface area contributed by atoms with Crippen molar-refractivity contribution in [3.63, 3.8) is 0 Å². The predicted octanol–water partition coefficient (Wildman–Crippen LogP) is 4.93. The third kappa shape index (κ3) is 5.30. The highest BCUT2D eigenvalue weighted by atomic mass is 16.1. The number of tetrazole rings is 1. The molecule has 7 heteroatoms. The van der Waals surface area contributed by atoms with E-state index in [4.69, 9.17) is 0 Å². The van der Waals surface area contributed by atoms with Crippen LogP contribution < -0.4 is 5.69 Å². The van der Waals surface area contributed by atoms with E-state index in [0.717, 1.165) is 60.2 Å². The maximum atomic E-state index is 13.1. The van der Waals surface area contributed by atoms with E-state index in [9.17, 15) is 4.79 Å². The Morgan fingerprint density at radius 2 is 1.79 bits per heavy atom. The van der Waals surface area contributed by atoms with Crippen molar-refractivity contribution >= 4 is 0 Å². The number of H-pyrrole nitrogens is 1. The Kier molecular flexibility index (Phi) is 7.17. The van der Waals surface area contributed by atoms with E-state index in [1.165, 1.54) is 0 Å². The zero-order valence-corrected chi connectivity index (χ0v) is 19.7. The van der Waals surface area contributed by atoms with Gasteiger partial charge in [-0.15, -0.1) is 5.10 Å². The molecule has 2 aromatic heterocycles. The molecular weight excluding hydrogens is 412 g/mol. The lowest BCUT2D eigenvalue weighted by Crippen LogP contribution is -2.26. The second-order valence-corrected chi connectivity index (χ2v) is 8.96. The van der Waals surface area contributed by atoms with Crippen LogP contribution in [-0.2, 0) is 19.5 Å². The van der Waals surface area contributed by atoms with Crippen LogP contribution in [0.15, 0.2) is 59.5 Å². The highest BCUT2D eigenvalue weighted by molar-refractivity contribution is 5.80. The molecule has 4 aromatic rings. The zero-order chi connectivity index (χ0) is 23.2. The number of benzene rings is 2. The van der Waals surface area contributed by atoms with Gasteiger partial charge in [0.25, 0.3) is 0 Å². The quantitative estimate of drug-likeness (QED) is 0.376. The first kappa shape index (κ1) is 22.7. The molecule has 4 rings (SSSR count). The fourth-order valence-corrected chi connectivity index (χ4v) is 4.05. The van der Waals surface area contributed by atoms with E-state index in [2.05, 4.69) is 77.9 Å². The van der Waals surface area contributed by atoms with Crippen LogP contribution in [0, 0.1) is 5.92 Å². The zero-order valence-electron chi connectivity index (χ0n) is 19.7. The molecule has 0 amide bonds. The van der Waals surface area contributed by atoms with E-state index >= 15 is 0 Å². The van der Waals surface area contributed by atoms with Gasteiger partial charge in [0.15, 0.2) is 5.82 Å². The van der Waals surface area contributed by atoms with Crippen LogP contribution in [0.1, 0.15) is 51.3 Å². The van der Waals surface area contributed by atoms with E-state index in [1.807, 2.05) is 27.3 Å². The van der Waals surface area contributed by atoms with Crippen molar-refractivity contribution in [2.45, 2.75) is 59.5 Å². The minimum Gasteiger partial charge on any atom is -0.299 e. The summed E-state index contributed by atoms with van der Waals surface area (Å²) in [5.74, 6) is 1.21. The standard InChI is InChI=1S/C26H32N6O/c1-4-5-8-22-18-31(16-15-19(2)3)26(33)32(22)17-20-11-13-21(14-12-20)23-9-6-7-10-24(23)25-27-29-30-28-25/h6-7,9-14,18-19H,4-5,8,15-17H2,1-3H3,(H,27,28,29,30). The van der Waals surface area contributed by atoms with Gasteiger partial charge in [0.2, 0.25) is 0 Å². The fraction of sp³-hybridized carbons (Fsp3) is 0.385. The number of imidazole rings is 1. The summed E-state index contributed by atoms with van der Waals surface area (Å²) < 4.78 is 3.83. The number of rotatable bonds is 10. The SMILES string of the molecule is CCCCc1cn(CCC(C)C)c(=O)n1Cc1ccc(-c2ccccc2-c2nnn[nH]2)cc1. The molecule has 33 heavy (non-hydrogen) atoms. The lowest BCUT2D eigenvalue weighted by molar-refractivity contribution is 0.502. The van der Waals surface area contributed by atoms with Gasteiger partial charge in [0, 0.05) is 24.0 Å². The normalized spacial score (nSPS) is 11.4. The molecule has 0 aliphatic carbocycles. The Morgan fingerprint density at radius 3 is 2.45 bits per heavy atom. The highest BCUT2D eigenvalue weighted by Gasteiger charge is 2.13. The van der Waals surface area contributed by atoms with Crippen molar-refractivity contribution < 1.29 is 0 Å². The Bertz CT molecular complexity index is 1220. The van der Waals surface area contributed by atoms with Crippen molar-refractivity contribution in [1.82, 2.24) is 29.8 Å². The number of nitrogens with zero attached hydrogens (tertiary/aromatic N) is 5. The van der Waals surface area contributed by atoms with Crippen molar-refractivity contribution in [2.24, 2.45) is 5.92 Å². The Hall–Kier alpha value is -3.48. The summed E-state index contributed by atoms with van der Waals surface area (Å²) >= 11 is 0. The minimum absolute atomic E-state index is 0.0917. The molecule has 0 saturated carbocycles. The summed E-state index contributed by atoms with van der Waals surface area (Å²) in [6, 6.07) is 16.5. The van der Waals surface area contributed by atoms with Crippen molar-refractivity contribution in [2.75, 3.05) is 0 Å². The van der Waals surface area contributed by atoms with Gasteiger partial charge >= 0.3 is 5.69 Å². The molecule has 172 valence electrons. The number of aromatic amines is 1. The highest BCUT2D eigenvalue weighted by Crippen LogP contribution is 2.29. The van der Waals surface area contributed by atoms with Gasteiger partial charge in [-0.1, -0.05) is 75.7 Å². The van der Waals surface area contributed by atoms with Crippen LogP contribution in [0.3, 0.4) is 0 Å². The van der Waals surface area contributed by atoms with E-state index < -0.39 is 0 Å². The molecule has 2 heterocycles. The average Bonchev–Trinajstić information content (AvgIpc) is 3.46. The molecule has 0 radical (unpaired) electrons. The number of unbranched alkanes of at least 4 members (excludes halogenated alkanes) is 1. The second kappa shape index (κ2) is 10.4. The topological polar surface area (TPSA) is 81.4 Å².